The van der Waals surface area contributed by atoms with Crippen LogP contribution in [-0.2, 0) is 4.74 Å². The van der Waals surface area contributed by atoms with Crippen LogP contribution < -0.4 is 0 Å². The molecule has 3 atom stereocenters. The van der Waals surface area contributed by atoms with E-state index in [-0.39, 0.29) is 12.0 Å². The predicted octanol–water partition coefficient (Wildman–Crippen LogP) is 1.77. The lowest BCUT2D eigenvalue weighted by molar-refractivity contribution is 0.182. The summed E-state index contributed by atoms with van der Waals surface area (Å²) in [7, 11) is 0. The molecule has 0 amide bonds. The summed E-state index contributed by atoms with van der Waals surface area (Å²) in [6.07, 6.45) is 0.107. The summed E-state index contributed by atoms with van der Waals surface area (Å²) in [6, 6.07) is 0. The van der Waals surface area contributed by atoms with Gasteiger partial charge in [-0.1, -0.05) is 20.3 Å². The summed E-state index contributed by atoms with van der Waals surface area (Å²) < 4.78 is 17.7. The monoisotopic (exact) mass is 132 g/mol. The van der Waals surface area contributed by atoms with Gasteiger partial charge in [0.15, 0.2) is 0 Å². The van der Waals surface area contributed by atoms with Gasteiger partial charge >= 0.3 is 0 Å². The summed E-state index contributed by atoms with van der Waals surface area (Å²) in [5.41, 5.74) is 0. The quantitative estimate of drug-likeness (QED) is 0.533. The minimum Gasteiger partial charge on any atom is -0.370 e. The van der Waals surface area contributed by atoms with Crippen LogP contribution in [0.25, 0.3) is 0 Å². The van der Waals surface area contributed by atoms with Gasteiger partial charge in [0.2, 0.25) is 0 Å². The van der Waals surface area contributed by atoms with E-state index in [4.69, 9.17) is 4.74 Å². The largest absolute Gasteiger partial charge is 0.370 e. The van der Waals surface area contributed by atoms with Gasteiger partial charge < -0.3 is 4.74 Å². The van der Waals surface area contributed by atoms with E-state index in [0.29, 0.717) is 6.61 Å². The Labute approximate surface area is 55.2 Å². The van der Waals surface area contributed by atoms with Crippen molar-refractivity contribution >= 4 is 0 Å². The second-order valence-electron chi connectivity index (χ2n) is 2.70. The molecule has 1 heterocycles. The molecule has 0 aromatic heterocycles. The molecule has 0 radical (unpaired) electrons. The molecule has 0 aliphatic carbocycles. The molecule has 0 N–H and O–H groups in total. The highest BCUT2D eigenvalue weighted by Crippen LogP contribution is 2.24. The van der Waals surface area contributed by atoms with Crippen molar-refractivity contribution in [3.63, 3.8) is 0 Å². The highest BCUT2D eigenvalue weighted by atomic mass is 19.1. The summed E-state index contributed by atoms with van der Waals surface area (Å²) in [5, 5.41) is 0. The van der Waals surface area contributed by atoms with Gasteiger partial charge in [0.05, 0.1) is 6.61 Å². The van der Waals surface area contributed by atoms with Crippen molar-refractivity contribution in [1.29, 1.82) is 0 Å². The van der Waals surface area contributed by atoms with Crippen molar-refractivity contribution in [2.24, 2.45) is 5.92 Å². The lowest BCUT2D eigenvalue weighted by Gasteiger charge is -2.10. The van der Waals surface area contributed by atoms with Gasteiger partial charge in [0.1, 0.15) is 12.3 Å². The number of epoxide rings is 1. The fourth-order valence-electron chi connectivity index (χ4n) is 0.831. The van der Waals surface area contributed by atoms with Crippen LogP contribution in [0.3, 0.4) is 0 Å². The fourth-order valence-corrected chi connectivity index (χ4v) is 0.831. The first-order valence-corrected chi connectivity index (χ1v) is 3.51. The van der Waals surface area contributed by atoms with Crippen LogP contribution in [0, 0.1) is 5.92 Å². The molecule has 1 nitrogen and oxygen atoms in total. The van der Waals surface area contributed by atoms with Crippen LogP contribution in [0.2, 0.25) is 0 Å². The molecule has 9 heavy (non-hydrogen) atoms. The van der Waals surface area contributed by atoms with Gasteiger partial charge in [-0.2, -0.15) is 0 Å². The van der Waals surface area contributed by atoms with Gasteiger partial charge in [-0.25, -0.2) is 4.39 Å². The number of alkyl halides is 1. The predicted molar refractivity (Wildman–Crippen MR) is 34.1 cm³/mol. The molecule has 1 fully saturated rings. The van der Waals surface area contributed by atoms with E-state index in [1.54, 1.807) is 0 Å². The third-order valence-corrected chi connectivity index (χ3v) is 1.90. The van der Waals surface area contributed by atoms with E-state index < -0.39 is 6.17 Å². The SMILES string of the molecule is CCC(C)C(F)C1CO1. The van der Waals surface area contributed by atoms with Crippen molar-refractivity contribution in [2.75, 3.05) is 6.61 Å². The van der Waals surface area contributed by atoms with Crippen molar-refractivity contribution in [1.82, 2.24) is 0 Å². The summed E-state index contributed by atoms with van der Waals surface area (Å²) in [4.78, 5) is 0. The average Bonchev–Trinajstić information content (AvgIpc) is 2.66. The molecular weight excluding hydrogens is 119 g/mol. The Balaban J connectivity index is 2.22. The molecule has 0 aromatic rings. The minimum absolute atomic E-state index is 0.0695. The van der Waals surface area contributed by atoms with Crippen LogP contribution in [0.4, 0.5) is 4.39 Å². The number of hydrogen-bond acceptors (Lipinski definition) is 1. The molecule has 0 bridgehead atoms. The first-order chi connectivity index (χ1) is 4.25. The Kier molecular flexibility index (Phi) is 2.06. The zero-order valence-corrected chi connectivity index (χ0v) is 5.93. The highest BCUT2D eigenvalue weighted by molar-refractivity contribution is 4.81. The van der Waals surface area contributed by atoms with Gasteiger partial charge in [-0.3, -0.25) is 0 Å². The van der Waals surface area contributed by atoms with Crippen LogP contribution >= 0.6 is 0 Å². The molecule has 1 aliphatic heterocycles. The first-order valence-electron chi connectivity index (χ1n) is 3.51. The van der Waals surface area contributed by atoms with E-state index >= 15 is 0 Å². The van der Waals surface area contributed by atoms with E-state index in [9.17, 15) is 4.39 Å². The van der Waals surface area contributed by atoms with Gasteiger partial charge in [0, 0.05) is 0 Å². The van der Waals surface area contributed by atoms with Crippen LogP contribution in [0.15, 0.2) is 0 Å². The van der Waals surface area contributed by atoms with Crippen molar-refractivity contribution in [2.45, 2.75) is 32.5 Å². The molecule has 2 heteroatoms. The van der Waals surface area contributed by atoms with Gasteiger partial charge in [0.25, 0.3) is 0 Å². The standard InChI is InChI=1S/C7H13FO/c1-3-5(2)7(8)6-4-9-6/h5-7H,3-4H2,1-2H3. The van der Waals surface area contributed by atoms with Crippen LogP contribution in [0.5, 0.6) is 0 Å². The normalized spacial score (nSPS) is 31.7. The first kappa shape index (κ1) is 7.00. The Bertz CT molecular complexity index is 90.9. The summed E-state index contributed by atoms with van der Waals surface area (Å²) in [6.45, 7) is 4.55. The second-order valence-corrected chi connectivity index (χ2v) is 2.70. The molecule has 0 spiro atoms. The van der Waals surface area contributed by atoms with E-state index in [0.717, 1.165) is 6.42 Å². The molecule has 0 saturated carbocycles. The molecular formula is C7H13FO. The minimum atomic E-state index is -0.727. The van der Waals surface area contributed by atoms with Crippen molar-refractivity contribution in [3.05, 3.63) is 0 Å². The molecule has 54 valence electrons. The maximum Gasteiger partial charge on any atom is 0.131 e. The van der Waals surface area contributed by atoms with Gasteiger partial charge in [-0.15, -0.1) is 0 Å². The number of ether oxygens (including phenoxy) is 1. The number of rotatable bonds is 3. The third-order valence-electron chi connectivity index (χ3n) is 1.90. The lowest BCUT2D eigenvalue weighted by atomic mass is 10.0. The van der Waals surface area contributed by atoms with Crippen molar-refractivity contribution in [3.8, 4) is 0 Å². The highest BCUT2D eigenvalue weighted by Gasteiger charge is 2.35. The van der Waals surface area contributed by atoms with E-state index in [1.807, 2.05) is 13.8 Å². The summed E-state index contributed by atoms with van der Waals surface area (Å²) >= 11 is 0. The maximum absolute atomic E-state index is 12.9. The lowest BCUT2D eigenvalue weighted by Crippen LogP contribution is -2.17. The average molecular weight is 132 g/mol. The molecule has 1 saturated heterocycles. The Morgan fingerprint density at radius 2 is 2.33 bits per heavy atom. The molecule has 0 aromatic carbocycles. The summed E-state index contributed by atoms with van der Waals surface area (Å²) in [5.74, 6) is 0.164. The second kappa shape index (κ2) is 2.65. The topological polar surface area (TPSA) is 12.5 Å². The van der Waals surface area contributed by atoms with Crippen molar-refractivity contribution < 1.29 is 9.13 Å². The van der Waals surface area contributed by atoms with Crippen LogP contribution in [0.1, 0.15) is 20.3 Å². The molecule has 1 aliphatic rings. The number of hydrogen-bond donors (Lipinski definition) is 0. The van der Waals surface area contributed by atoms with Crippen LogP contribution in [-0.4, -0.2) is 18.9 Å². The fraction of sp³-hybridized carbons (Fsp3) is 1.00. The zero-order valence-electron chi connectivity index (χ0n) is 5.93. The maximum atomic E-state index is 12.9. The zero-order chi connectivity index (χ0) is 6.85. The Hall–Kier alpha value is -0.110. The van der Waals surface area contributed by atoms with Gasteiger partial charge in [-0.05, 0) is 5.92 Å². The smallest absolute Gasteiger partial charge is 0.131 e. The molecule has 3 unspecified atom stereocenters. The number of halogens is 1. The Morgan fingerprint density at radius 3 is 2.67 bits per heavy atom. The third kappa shape index (κ3) is 1.65. The van der Waals surface area contributed by atoms with E-state index in [1.165, 1.54) is 0 Å². The van der Waals surface area contributed by atoms with E-state index in [2.05, 4.69) is 0 Å². The Morgan fingerprint density at radius 1 is 1.78 bits per heavy atom. The molecule has 1 rings (SSSR count).